The lowest BCUT2D eigenvalue weighted by Crippen LogP contribution is -2.43. The Labute approximate surface area is 127 Å². The Morgan fingerprint density at radius 1 is 1.10 bits per heavy atom. The van der Waals surface area contributed by atoms with Gasteiger partial charge in [-0.2, -0.15) is 0 Å². The Kier molecular flexibility index (Phi) is 5.65. The lowest BCUT2D eigenvalue weighted by molar-refractivity contribution is -0.141. The topological polar surface area (TPSA) is 66.4 Å². The second-order valence-corrected chi connectivity index (χ2v) is 7.31. The monoisotopic (exact) mass is 295 g/mol. The van der Waals surface area contributed by atoms with Crippen LogP contribution in [0.15, 0.2) is 0 Å². The van der Waals surface area contributed by atoms with Crippen molar-refractivity contribution in [1.29, 1.82) is 0 Å². The number of amides is 1. The second-order valence-electron chi connectivity index (χ2n) is 7.31. The van der Waals surface area contributed by atoms with Crippen molar-refractivity contribution in [1.82, 2.24) is 5.32 Å². The third kappa shape index (κ3) is 4.72. The minimum absolute atomic E-state index is 0.145. The van der Waals surface area contributed by atoms with E-state index in [1.807, 2.05) is 0 Å². The van der Waals surface area contributed by atoms with Gasteiger partial charge in [-0.3, -0.25) is 9.59 Å². The van der Waals surface area contributed by atoms with Crippen LogP contribution in [0, 0.1) is 17.3 Å². The van der Waals surface area contributed by atoms with E-state index in [1.165, 1.54) is 6.42 Å². The van der Waals surface area contributed by atoms with Crippen LogP contribution in [0.5, 0.6) is 0 Å². The van der Waals surface area contributed by atoms with Crippen LogP contribution in [0.3, 0.4) is 0 Å². The SMILES string of the molecule is CC1CCC(C(=O)NCC2(CC(=O)O)CCCCC2)CC1. The number of hydrogen-bond acceptors (Lipinski definition) is 2. The van der Waals surface area contributed by atoms with Crippen LogP contribution in [0.4, 0.5) is 0 Å². The molecule has 0 aromatic heterocycles. The van der Waals surface area contributed by atoms with E-state index in [0.717, 1.165) is 57.3 Å². The summed E-state index contributed by atoms with van der Waals surface area (Å²) in [6.45, 7) is 2.79. The highest BCUT2D eigenvalue weighted by molar-refractivity contribution is 5.78. The summed E-state index contributed by atoms with van der Waals surface area (Å²) >= 11 is 0. The zero-order valence-electron chi connectivity index (χ0n) is 13.2. The zero-order valence-corrected chi connectivity index (χ0v) is 13.2. The van der Waals surface area contributed by atoms with Gasteiger partial charge in [0.05, 0.1) is 6.42 Å². The van der Waals surface area contributed by atoms with Crippen LogP contribution in [0.1, 0.15) is 71.1 Å². The number of aliphatic carboxylic acids is 1. The molecule has 2 aliphatic rings. The highest BCUT2D eigenvalue weighted by Crippen LogP contribution is 2.39. The number of carbonyl (C=O) groups excluding carboxylic acids is 1. The Balaban J connectivity index is 1.86. The van der Waals surface area contributed by atoms with Crippen molar-refractivity contribution >= 4 is 11.9 Å². The first-order chi connectivity index (χ1) is 10.0. The summed E-state index contributed by atoms with van der Waals surface area (Å²) in [7, 11) is 0. The lowest BCUT2D eigenvalue weighted by atomic mass is 9.71. The first-order valence-electron chi connectivity index (χ1n) is 8.50. The van der Waals surface area contributed by atoms with Crippen molar-refractivity contribution in [2.45, 2.75) is 71.1 Å². The predicted molar refractivity (Wildman–Crippen MR) is 81.9 cm³/mol. The first kappa shape index (κ1) is 16.3. The maximum Gasteiger partial charge on any atom is 0.303 e. The van der Waals surface area contributed by atoms with E-state index in [0.29, 0.717) is 6.54 Å². The van der Waals surface area contributed by atoms with E-state index in [1.54, 1.807) is 0 Å². The van der Waals surface area contributed by atoms with E-state index < -0.39 is 5.97 Å². The smallest absolute Gasteiger partial charge is 0.303 e. The molecule has 2 rings (SSSR count). The summed E-state index contributed by atoms with van der Waals surface area (Å²) in [4.78, 5) is 23.5. The fraction of sp³-hybridized carbons (Fsp3) is 0.882. The molecule has 21 heavy (non-hydrogen) atoms. The van der Waals surface area contributed by atoms with E-state index in [9.17, 15) is 9.59 Å². The molecule has 0 unspecified atom stereocenters. The molecular formula is C17H29NO3. The quantitative estimate of drug-likeness (QED) is 0.817. The minimum atomic E-state index is -0.738. The first-order valence-corrected chi connectivity index (χ1v) is 8.50. The number of nitrogens with one attached hydrogen (secondary N) is 1. The van der Waals surface area contributed by atoms with Gasteiger partial charge < -0.3 is 10.4 Å². The largest absolute Gasteiger partial charge is 0.481 e. The molecule has 0 radical (unpaired) electrons. The average Bonchev–Trinajstić information content (AvgIpc) is 2.46. The number of carboxylic acids is 1. The average molecular weight is 295 g/mol. The molecule has 0 saturated heterocycles. The Morgan fingerprint density at radius 2 is 1.71 bits per heavy atom. The number of rotatable bonds is 5. The highest BCUT2D eigenvalue weighted by Gasteiger charge is 2.35. The van der Waals surface area contributed by atoms with Crippen molar-refractivity contribution in [3.63, 3.8) is 0 Å². The number of hydrogen-bond donors (Lipinski definition) is 2. The maximum absolute atomic E-state index is 12.3. The van der Waals surface area contributed by atoms with Crippen LogP contribution in [0.2, 0.25) is 0 Å². The van der Waals surface area contributed by atoms with Gasteiger partial charge >= 0.3 is 5.97 Å². The Bertz CT molecular complexity index is 366. The Morgan fingerprint density at radius 3 is 2.29 bits per heavy atom. The van der Waals surface area contributed by atoms with Crippen LogP contribution in [-0.4, -0.2) is 23.5 Å². The van der Waals surface area contributed by atoms with Crippen LogP contribution in [-0.2, 0) is 9.59 Å². The molecule has 0 aromatic rings. The van der Waals surface area contributed by atoms with Gasteiger partial charge in [0.15, 0.2) is 0 Å². The van der Waals surface area contributed by atoms with Gasteiger partial charge in [-0.15, -0.1) is 0 Å². The molecule has 1 amide bonds. The fourth-order valence-electron chi connectivity index (χ4n) is 3.98. The molecule has 2 N–H and O–H groups in total. The highest BCUT2D eigenvalue weighted by atomic mass is 16.4. The second kappa shape index (κ2) is 7.28. The van der Waals surface area contributed by atoms with Crippen LogP contribution >= 0.6 is 0 Å². The molecule has 4 nitrogen and oxygen atoms in total. The summed E-state index contributed by atoms with van der Waals surface area (Å²) in [5.41, 5.74) is -0.207. The van der Waals surface area contributed by atoms with Crippen LogP contribution < -0.4 is 5.32 Å². The summed E-state index contributed by atoms with van der Waals surface area (Å²) in [6, 6.07) is 0. The van der Waals surface area contributed by atoms with E-state index in [-0.39, 0.29) is 23.7 Å². The van der Waals surface area contributed by atoms with Gasteiger partial charge in [0.2, 0.25) is 5.91 Å². The molecule has 0 heterocycles. The summed E-state index contributed by atoms with van der Waals surface area (Å²) in [5, 5.41) is 12.2. The van der Waals surface area contributed by atoms with Gasteiger partial charge in [0, 0.05) is 12.5 Å². The van der Waals surface area contributed by atoms with Crippen molar-refractivity contribution in [2.75, 3.05) is 6.54 Å². The summed E-state index contributed by atoms with van der Waals surface area (Å²) in [5.74, 6) is 0.298. The van der Waals surface area contributed by atoms with E-state index in [4.69, 9.17) is 5.11 Å². The minimum Gasteiger partial charge on any atom is -0.481 e. The maximum atomic E-state index is 12.3. The van der Waals surface area contributed by atoms with Crippen molar-refractivity contribution in [3.05, 3.63) is 0 Å². The number of carboxylic acid groups (broad SMARTS) is 1. The molecule has 0 aliphatic heterocycles. The molecule has 120 valence electrons. The van der Waals surface area contributed by atoms with Gasteiger partial charge in [-0.1, -0.05) is 26.2 Å². The number of carbonyl (C=O) groups is 2. The molecule has 0 bridgehead atoms. The van der Waals surface area contributed by atoms with Gasteiger partial charge in [0.1, 0.15) is 0 Å². The lowest BCUT2D eigenvalue weighted by Gasteiger charge is -2.37. The third-order valence-electron chi connectivity index (χ3n) is 5.46. The molecule has 4 heteroatoms. The zero-order chi connectivity index (χ0) is 15.3. The summed E-state index contributed by atoms with van der Waals surface area (Å²) < 4.78 is 0. The molecule has 0 aromatic carbocycles. The standard InChI is InChI=1S/C17H29NO3/c1-13-5-7-14(8-6-13)16(21)18-12-17(11-15(19)20)9-3-2-4-10-17/h13-14H,2-12H2,1H3,(H,18,21)(H,19,20). The molecule has 2 fully saturated rings. The molecular weight excluding hydrogens is 266 g/mol. The predicted octanol–water partition coefficient (Wildman–Crippen LogP) is 3.35. The molecule has 0 spiro atoms. The Hall–Kier alpha value is -1.06. The van der Waals surface area contributed by atoms with Gasteiger partial charge in [0.25, 0.3) is 0 Å². The van der Waals surface area contributed by atoms with E-state index >= 15 is 0 Å². The third-order valence-corrected chi connectivity index (χ3v) is 5.46. The molecule has 0 atom stereocenters. The van der Waals surface area contributed by atoms with Crippen molar-refractivity contribution in [2.24, 2.45) is 17.3 Å². The van der Waals surface area contributed by atoms with Crippen molar-refractivity contribution in [3.8, 4) is 0 Å². The van der Waals surface area contributed by atoms with E-state index in [2.05, 4.69) is 12.2 Å². The summed E-state index contributed by atoms with van der Waals surface area (Å²) in [6.07, 6.45) is 9.66. The molecule has 2 saturated carbocycles. The van der Waals surface area contributed by atoms with Crippen molar-refractivity contribution < 1.29 is 14.7 Å². The molecule has 2 aliphatic carbocycles. The van der Waals surface area contributed by atoms with Gasteiger partial charge in [-0.25, -0.2) is 0 Å². The normalized spacial score (nSPS) is 28.8. The van der Waals surface area contributed by atoms with Crippen LogP contribution in [0.25, 0.3) is 0 Å². The van der Waals surface area contributed by atoms with Gasteiger partial charge in [-0.05, 0) is 49.9 Å². The fourth-order valence-corrected chi connectivity index (χ4v) is 3.98.